The molecule has 2 rings (SSSR count). The van der Waals surface area contributed by atoms with Crippen molar-refractivity contribution in [2.45, 2.75) is 13.8 Å². The van der Waals surface area contributed by atoms with E-state index < -0.39 is 0 Å². The minimum absolute atomic E-state index is 1.06. The molecule has 0 aliphatic rings. The minimum Gasteiger partial charge on any atom is -0.256 e. The molecule has 0 radical (unpaired) electrons. The zero-order valence-electron chi connectivity index (χ0n) is 7.63. The van der Waals surface area contributed by atoms with Gasteiger partial charge in [0.2, 0.25) is 0 Å². The first-order chi connectivity index (χ1) is 6.18. The molecule has 2 aromatic rings. The molecule has 0 bridgehead atoms. The second-order valence-corrected chi connectivity index (χ2v) is 4.12. The third kappa shape index (κ3) is 1.46. The number of nitrogens with zero attached hydrogens (tertiary/aromatic N) is 1. The standard InChI is InChI=1S/C11H10BrN/c1-7-5-8(2)11-9(12)3-4-13-10(11)6-7/h3-6H,1-2H3. The van der Waals surface area contributed by atoms with Crippen molar-refractivity contribution in [1.82, 2.24) is 4.98 Å². The summed E-state index contributed by atoms with van der Waals surface area (Å²) < 4.78 is 1.12. The Bertz CT molecular complexity index is 463. The van der Waals surface area contributed by atoms with Gasteiger partial charge in [0.15, 0.2) is 0 Å². The number of hydrogen-bond donors (Lipinski definition) is 0. The topological polar surface area (TPSA) is 12.9 Å². The maximum Gasteiger partial charge on any atom is 0.0718 e. The van der Waals surface area contributed by atoms with Crippen molar-refractivity contribution in [2.24, 2.45) is 0 Å². The van der Waals surface area contributed by atoms with Gasteiger partial charge in [0.05, 0.1) is 5.52 Å². The van der Waals surface area contributed by atoms with Crippen LogP contribution in [0, 0.1) is 13.8 Å². The highest BCUT2D eigenvalue weighted by Gasteiger charge is 2.02. The molecule has 0 aliphatic heterocycles. The van der Waals surface area contributed by atoms with Crippen LogP contribution in [0.15, 0.2) is 28.9 Å². The molecular formula is C11H10BrN. The predicted octanol–water partition coefficient (Wildman–Crippen LogP) is 3.61. The van der Waals surface area contributed by atoms with Crippen molar-refractivity contribution in [3.8, 4) is 0 Å². The van der Waals surface area contributed by atoms with Crippen LogP contribution in [-0.2, 0) is 0 Å². The molecule has 0 fully saturated rings. The largest absolute Gasteiger partial charge is 0.256 e. The number of aryl methyl sites for hydroxylation is 2. The van der Waals surface area contributed by atoms with E-state index in [1.54, 1.807) is 0 Å². The molecule has 0 aliphatic carbocycles. The molecule has 13 heavy (non-hydrogen) atoms. The Labute approximate surface area is 85.9 Å². The number of halogens is 1. The van der Waals surface area contributed by atoms with Crippen LogP contribution in [0.2, 0.25) is 0 Å². The fraction of sp³-hybridized carbons (Fsp3) is 0.182. The van der Waals surface area contributed by atoms with Gasteiger partial charge in [-0.05, 0) is 37.1 Å². The van der Waals surface area contributed by atoms with E-state index in [0.29, 0.717) is 0 Å². The van der Waals surface area contributed by atoms with E-state index in [9.17, 15) is 0 Å². The molecule has 0 unspecified atom stereocenters. The molecule has 1 aromatic carbocycles. The van der Waals surface area contributed by atoms with Crippen LogP contribution < -0.4 is 0 Å². The van der Waals surface area contributed by atoms with E-state index in [1.807, 2.05) is 12.3 Å². The molecule has 0 spiro atoms. The maximum atomic E-state index is 4.33. The van der Waals surface area contributed by atoms with Gasteiger partial charge in [0.1, 0.15) is 0 Å². The SMILES string of the molecule is Cc1cc(C)c2c(Br)ccnc2c1. The summed E-state index contributed by atoms with van der Waals surface area (Å²) in [7, 11) is 0. The summed E-state index contributed by atoms with van der Waals surface area (Å²) in [5.74, 6) is 0. The van der Waals surface area contributed by atoms with Crippen LogP contribution in [0.3, 0.4) is 0 Å². The highest BCUT2D eigenvalue weighted by molar-refractivity contribution is 9.10. The first kappa shape index (κ1) is 8.70. The van der Waals surface area contributed by atoms with Crippen molar-refractivity contribution < 1.29 is 0 Å². The first-order valence-electron chi connectivity index (χ1n) is 4.20. The lowest BCUT2D eigenvalue weighted by Crippen LogP contribution is -1.85. The van der Waals surface area contributed by atoms with E-state index >= 15 is 0 Å². The molecule has 1 aromatic heterocycles. The highest BCUT2D eigenvalue weighted by Crippen LogP contribution is 2.26. The second-order valence-electron chi connectivity index (χ2n) is 3.27. The van der Waals surface area contributed by atoms with E-state index in [4.69, 9.17) is 0 Å². The number of hydrogen-bond acceptors (Lipinski definition) is 1. The van der Waals surface area contributed by atoms with Crippen LogP contribution in [0.1, 0.15) is 11.1 Å². The van der Waals surface area contributed by atoms with Crippen LogP contribution in [0.5, 0.6) is 0 Å². The van der Waals surface area contributed by atoms with Crippen molar-refractivity contribution in [3.05, 3.63) is 40.0 Å². The quantitative estimate of drug-likeness (QED) is 0.680. The van der Waals surface area contributed by atoms with Crippen LogP contribution >= 0.6 is 15.9 Å². The number of benzene rings is 1. The fourth-order valence-corrected chi connectivity index (χ4v) is 2.26. The number of aromatic nitrogens is 1. The van der Waals surface area contributed by atoms with Gasteiger partial charge in [-0.25, -0.2) is 0 Å². The minimum atomic E-state index is 1.06. The average molecular weight is 236 g/mol. The second kappa shape index (κ2) is 3.11. The van der Waals surface area contributed by atoms with Gasteiger partial charge < -0.3 is 0 Å². The third-order valence-electron chi connectivity index (χ3n) is 2.13. The Morgan fingerprint density at radius 3 is 2.77 bits per heavy atom. The lowest BCUT2D eigenvalue weighted by atomic mass is 10.1. The van der Waals surface area contributed by atoms with Gasteiger partial charge in [-0.2, -0.15) is 0 Å². The van der Waals surface area contributed by atoms with Gasteiger partial charge in [-0.15, -0.1) is 0 Å². The van der Waals surface area contributed by atoms with E-state index in [-0.39, 0.29) is 0 Å². The molecule has 0 atom stereocenters. The molecule has 1 heterocycles. The van der Waals surface area contributed by atoms with E-state index in [2.05, 4.69) is 46.9 Å². The van der Waals surface area contributed by atoms with Crippen LogP contribution in [-0.4, -0.2) is 4.98 Å². The monoisotopic (exact) mass is 235 g/mol. The summed E-state index contributed by atoms with van der Waals surface area (Å²) in [6.07, 6.45) is 1.82. The van der Waals surface area contributed by atoms with Gasteiger partial charge in [0.25, 0.3) is 0 Å². The smallest absolute Gasteiger partial charge is 0.0718 e. The molecular weight excluding hydrogens is 226 g/mol. The van der Waals surface area contributed by atoms with Crippen molar-refractivity contribution in [3.63, 3.8) is 0 Å². The zero-order chi connectivity index (χ0) is 9.42. The molecule has 0 saturated heterocycles. The Hall–Kier alpha value is -0.890. The summed E-state index contributed by atoms with van der Waals surface area (Å²) >= 11 is 3.53. The van der Waals surface area contributed by atoms with Crippen LogP contribution in [0.25, 0.3) is 10.9 Å². The highest BCUT2D eigenvalue weighted by atomic mass is 79.9. The zero-order valence-corrected chi connectivity index (χ0v) is 9.22. The third-order valence-corrected chi connectivity index (χ3v) is 2.79. The van der Waals surface area contributed by atoms with Gasteiger partial charge in [-0.3, -0.25) is 4.98 Å². The Morgan fingerprint density at radius 1 is 1.23 bits per heavy atom. The maximum absolute atomic E-state index is 4.33. The summed E-state index contributed by atoms with van der Waals surface area (Å²) in [5, 5.41) is 1.22. The van der Waals surface area contributed by atoms with E-state index in [0.717, 1.165) is 9.99 Å². The molecule has 0 amide bonds. The van der Waals surface area contributed by atoms with Gasteiger partial charge in [-0.1, -0.05) is 22.0 Å². The fourth-order valence-electron chi connectivity index (χ4n) is 1.62. The molecule has 66 valence electrons. The number of pyridine rings is 1. The molecule has 0 saturated carbocycles. The van der Waals surface area contributed by atoms with Crippen molar-refractivity contribution >= 4 is 26.8 Å². The Kier molecular flexibility index (Phi) is 2.08. The summed E-state index contributed by atoms with van der Waals surface area (Å²) in [6, 6.07) is 6.26. The van der Waals surface area contributed by atoms with Crippen molar-refractivity contribution in [1.29, 1.82) is 0 Å². The molecule has 1 nitrogen and oxygen atoms in total. The first-order valence-corrected chi connectivity index (χ1v) is 4.99. The number of rotatable bonds is 0. The number of fused-ring (bicyclic) bond motifs is 1. The van der Waals surface area contributed by atoms with Crippen LogP contribution in [0.4, 0.5) is 0 Å². The summed E-state index contributed by atoms with van der Waals surface area (Å²) in [4.78, 5) is 4.33. The average Bonchev–Trinajstić information content (AvgIpc) is 2.02. The van der Waals surface area contributed by atoms with Gasteiger partial charge in [0, 0.05) is 16.1 Å². The normalized spacial score (nSPS) is 10.7. The lowest BCUT2D eigenvalue weighted by molar-refractivity contribution is 1.35. The predicted molar refractivity (Wildman–Crippen MR) is 58.9 cm³/mol. The lowest BCUT2D eigenvalue weighted by Gasteiger charge is -2.04. The molecule has 2 heteroatoms. The Balaban J connectivity index is 2.94. The summed E-state index contributed by atoms with van der Waals surface area (Å²) in [5.41, 5.74) is 3.59. The van der Waals surface area contributed by atoms with Gasteiger partial charge >= 0.3 is 0 Å². The Morgan fingerprint density at radius 2 is 2.00 bits per heavy atom. The van der Waals surface area contributed by atoms with E-state index in [1.165, 1.54) is 16.5 Å². The van der Waals surface area contributed by atoms with Crippen molar-refractivity contribution in [2.75, 3.05) is 0 Å². The summed E-state index contributed by atoms with van der Waals surface area (Å²) in [6.45, 7) is 4.21. The molecule has 0 N–H and O–H groups in total.